The third-order valence-corrected chi connectivity index (χ3v) is 4.55. The van der Waals surface area contributed by atoms with Crippen molar-refractivity contribution in [3.8, 4) is 0 Å². The standard InChI is InChI=1S/C16H12N2O3S/c1-17-13-4-2-3-5-15(13)22-16(17)10-14(19)11-6-8-12(9-7-11)18(20)21/h2-10H,1H3. The van der Waals surface area contributed by atoms with Gasteiger partial charge in [0.05, 0.1) is 15.6 Å². The molecule has 1 aliphatic heterocycles. The van der Waals surface area contributed by atoms with Gasteiger partial charge in [0, 0.05) is 35.7 Å². The molecule has 110 valence electrons. The van der Waals surface area contributed by atoms with E-state index in [1.54, 1.807) is 6.08 Å². The largest absolute Gasteiger partial charge is 0.338 e. The van der Waals surface area contributed by atoms with Gasteiger partial charge in [0.25, 0.3) is 5.69 Å². The number of rotatable bonds is 3. The zero-order chi connectivity index (χ0) is 15.7. The van der Waals surface area contributed by atoms with Crippen molar-refractivity contribution in [2.24, 2.45) is 0 Å². The van der Waals surface area contributed by atoms with Crippen molar-refractivity contribution >= 4 is 28.9 Å². The zero-order valence-electron chi connectivity index (χ0n) is 11.7. The summed E-state index contributed by atoms with van der Waals surface area (Å²) in [5.74, 6) is -0.169. The number of nitro benzene ring substituents is 1. The lowest BCUT2D eigenvalue weighted by molar-refractivity contribution is -0.384. The van der Waals surface area contributed by atoms with E-state index >= 15 is 0 Å². The maximum atomic E-state index is 12.3. The zero-order valence-corrected chi connectivity index (χ0v) is 12.5. The number of carbonyl (C=O) groups excluding carboxylic acids is 1. The van der Waals surface area contributed by atoms with Gasteiger partial charge >= 0.3 is 0 Å². The Balaban J connectivity index is 1.84. The minimum atomic E-state index is -0.482. The smallest absolute Gasteiger partial charge is 0.269 e. The molecule has 0 N–H and O–H groups in total. The number of anilines is 1. The molecule has 2 aromatic carbocycles. The first-order chi connectivity index (χ1) is 10.6. The van der Waals surface area contributed by atoms with Crippen LogP contribution in [0.2, 0.25) is 0 Å². The molecule has 0 bridgehead atoms. The number of non-ortho nitro benzene ring substituents is 1. The lowest BCUT2D eigenvalue weighted by atomic mass is 10.1. The molecule has 1 heterocycles. The minimum Gasteiger partial charge on any atom is -0.338 e. The molecule has 1 aliphatic rings. The average molecular weight is 312 g/mol. The summed E-state index contributed by atoms with van der Waals surface area (Å²) in [4.78, 5) is 25.5. The number of hydrogen-bond donors (Lipinski definition) is 0. The molecule has 0 unspecified atom stereocenters. The quantitative estimate of drug-likeness (QED) is 0.373. The molecular weight excluding hydrogens is 300 g/mol. The van der Waals surface area contributed by atoms with Gasteiger partial charge in [-0.05, 0) is 24.3 Å². The van der Waals surface area contributed by atoms with Crippen molar-refractivity contribution in [2.75, 3.05) is 11.9 Å². The van der Waals surface area contributed by atoms with Gasteiger partial charge in [-0.25, -0.2) is 0 Å². The molecule has 0 saturated heterocycles. The van der Waals surface area contributed by atoms with E-state index in [-0.39, 0.29) is 11.5 Å². The van der Waals surface area contributed by atoms with E-state index in [9.17, 15) is 14.9 Å². The number of benzene rings is 2. The van der Waals surface area contributed by atoms with Crippen molar-refractivity contribution in [2.45, 2.75) is 4.90 Å². The monoisotopic (exact) mass is 312 g/mol. The first-order valence-electron chi connectivity index (χ1n) is 6.57. The second-order valence-corrected chi connectivity index (χ2v) is 5.84. The molecular formula is C16H12N2O3S. The van der Waals surface area contributed by atoms with Crippen LogP contribution in [0.1, 0.15) is 10.4 Å². The van der Waals surface area contributed by atoms with Crippen molar-refractivity contribution in [3.05, 3.63) is 75.3 Å². The lowest BCUT2D eigenvalue weighted by Gasteiger charge is -2.12. The number of thioether (sulfide) groups is 1. The van der Waals surface area contributed by atoms with Crippen LogP contribution in [0.4, 0.5) is 11.4 Å². The Hall–Kier alpha value is -2.60. The van der Waals surface area contributed by atoms with E-state index in [1.807, 2.05) is 36.2 Å². The minimum absolute atomic E-state index is 0.0241. The van der Waals surface area contributed by atoms with Crippen LogP contribution in [0.3, 0.4) is 0 Å². The Morgan fingerprint density at radius 2 is 1.86 bits per heavy atom. The highest BCUT2D eigenvalue weighted by atomic mass is 32.2. The van der Waals surface area contributed by atoms with Crippen LogP contribution in [0, 0.1) is 10.1 Å². The Labute approximate surface area is 131 Å². The van der Waals surface area contributed by atoms with Gasteiger partial charge in [-0.1, -0.05) is 23.9 Å². The van der Waals surface area contributed by atoms with Gasteiger partial charge in [0.1, 0.15) is 0 Å². The Bertz CT molecular complexity index is 784. The topological polar surface area (TPSA) is 63.5 Å². The highest BCUT2D eigenvalue weighted by Gasteiger charge is 2.22. The van der Waals surface area contributed by atoms with Crippen LogP contribution < -0.4 is 4.90 Å². The predicted octanol–water partition coefficient (Wildman–Crippen LogP) is 3.86. The van der Waals surface area contributed by atoms with E-state index in [2.05, 4.69) is 0 Å². The molecule has 6 heteroatoms. The van der Waals surface area contributed by atoms with Gasteiger partial charge in [-0.3, -0.25) is 14.9 Å². The molecule has 0 aromatic heterocycles. The van der Waals surface area contributed by atoms with E-state index < -0.39 is 4.92 Å². The summed E-state index contributed by atoms with van der Waals surface area (Å²) in [7, 11) is 1.91. The van der Waals surface area contributed by atoms with Crippen LogP contribution in [0.25, 0.3) is 0 Å². The number of fused-ring (bicyclic) bond motifs is 1. The Kier molecular flexibility index (Phi) is 3.68. The number of carbonyl (C=O) groups is 1. The highest BCUT2D eigenvalue weighted by Crippen LogP contribution is 2.44. The summed E-state index contributed by atoms with van der Waals surface area (Å²) in [5, 5.41) is 11.5. The molecule has 0 saturated carbocycles. The first-order valence-corrected chi connectivity index (χ1v) is 7.39. The third-order valence-electron chi connectivity index (χ3n) is 3.39. The van der Waals surface area contributed by atoms with Gasteiger partial charge in [-0.2, -0.15) is 0 Å². The molecule has 0 fully saturated rings. The molecule has 0 spiro atoms. The molecule has 0 aliphatic carbocycles. The van der Waals surface area contributed by atoms with Crippen LogP contribution in [-0.4, -0.2) is 17.8 Å². The molecule has 3 rings (SSSR count). The predicted molar refractivity (Wildman–Crippen MR) is 86.2 cm³/mol. The maximum Gasteiger partial charge on any atom is 0.269 e. The average Bonchev–Trinajstić information content (AvgIpc) is 2.84. The second-order valence-electron chi connectivity index (χ2n) is 4.78. The fraction of sp³-hybridized carbons (Fsp3) is 0.0625. The van der Waals surface area contributed by atoms with Crippen molar-refractivity contribution in [1.29, 1.82) is 0 Å². The molecule has 0 atom stereocenters. The van der Waals surface area contributed by atoms with E-state index in [0.29, 0.717) is 5.56 Å². The van der Waals surface area contributed by atoms with Crippen LogP contribution >= 0.6 is 11.8 Å². The second kappa shape index (κ2) is 5.65. The number of allylic oxidation sites excluding steroid dienone is 1. The normalized spacial score (nSPS) is 15.0. The highest BCUT2D eigenvalue weighted by molar-refractivity contribution is 8.03. The Morgan fingerprint density at radius 3 is 2.50 bits per heavy atom. The van der Waals surface area contributed by atoms with Gasteiger partial charge in [-0.15, -0.1) is 0 Å². The molecule has 5 nitrogen and oxygen atoms in total. The fourth-order valence-corrected chi connectivity index (χ4v) is 3.27. The molecule has 0 amide bonds. The summed E-state index contributed by atoms with van der Waals surface area (Å²) in [6.45, 7) is 0. The van der Waals surface area contributed by atoms with Crippen LogP contribution in [0.15, 0.2) is 64.5 Å². The van der Waals surface area contributed by atoms with Crippen LogP contribution in [-0.2, 0) is 0 Å². The number of nitrogens with zero attached hydrogens (tertiary/aromatic N) is 2. The maximum absolute atomic E-state index is 12.3. The molecule has 22 heavy (non-hydrogen) atoms. The molecule has 0 radical (unpaired) electrons. The van der Waals surface area contributed by atoms with E-state index in [4.69, 9.17) is 0 Å². The summed E-state index contributed by atoms with van der Waals surface area (Å²) >= 11 is 1.53. The Morgan fingerprint density at radius 1 is 1.18 bits per heavy atom. The summed E-state index contributed by atoms with van der Waals surface area (Å²) in [6.07, 6.45) is 1.56. The summed E-state index contributed by atoms with van der Waals surface area (Å²) in [5.41, 5.74) is 1.47. The SMILES string of the molecule is CN1C(=CC(=O)c2ccc([N+](=O)[O-])cc2)Sc2ccccc21. The number of ketones is 1. The van der Waals surface area contributed by atoms with Crippen LogP contribution in [0.5, 0.6) is 0 Å². The van der Waals surface area contributed by atoms with Crippen molar-refractivity contribution in [1.82, 2.24) is 0 Å². The molecule has 2 aromatic rings. The van der Waals surface area contributed by atoms with E-state index in [0.717, 1.165) is 15.6 Å². The lowest BCUT2D eigenvalue weighted by Crippen LogP contribution is -2.11. The number of hydrogen-bond acceptors (Lipinski definition) is 5. The first kappa shape index (κ1) is 14.3. The number of para-hydroxylation sites is 1. The van der Waals surface area contributed by atoms with Crippen molar-refractivity contribution < 1.29 is 9.72 Å². The fourth-order valence-electron chi connectivity index (χ4n) is 2.19. The number of nitro groups is 1. The van der Waals surface area contributed by atoms with Gasteiger partial charge in [0.2, 0.25) is 0 Å². The van der Waals surface area contributed by atoms with Gasteiger partial charge < -0.3 is 4.90 Å². The van der Waals surface area contributed by atoms with Crippen molar-refractivity contribution in [3.63, 3.8) is 0 Å². The summed E-state index contributed by atoms with van der Waals surface area (Å²) in [6, 6.07) is 13.6. The van der Waals surface area contributed by atoms with E-state index in [1.165, 1.54) is 36.0 Å². The third kappa shape index (κ3) is 2.60. The van der Waals surface area contributed by atoms with Gasteiger partial charge in [0.15, 0.2) is 5.78 Å². The summed E-state index contributed by atoms with van der Waals surface area (Å²) < 4.78 is 0.